The van der Waals surface area contributed by atoms with Crippen molar-refractivity contribution in [2.45, 2.75) is 38.3 Å². The van der Waals surface area contributed by atoms with Gasteiger partial charge in [-0.1, -0.05) is 19.9 Å². The molecule has 2 aromatic rings. The molecule has 0 aliphatic carbocycles. The van der Waals surface area contributed by atoms with E-state index in [1.54, 1.807) is 31.4 Å². The van der Waals surface area contributed by atoms with Crippen LogP contribution in [0.25, 0.3) is 5.65 Å². The van der Waals surface area contributed by atoms with Crippen molar-refractivity contribution in [3.05, 3.63) is 24.4 Å². The molecule has 6 nitrogen and oxygen atoms in total. The van der Waals surface area contributed by atoms with E-state index in [9.17, 15) is 8.42 Å². The first-order valence-electron chi connectivity index (χ1n) is 6.95. The molecule has 2 aromatic heterocycles. The molecule has 2 rings (SSSR count). The topological polar surface area (TPSA) is 80.7 Å². The molecule has 0 bridgehead atoms. The molecule has 21 heavy (non-hydrogen) atoms. The van der Waals surface area contributed by atoms with Crippen molar-refractivity contribution in [2.75, 3.05) is 12.8 Å². The molecule has 0 saturated heterocycles. The number of imidazole rings is 1. The van der Waals surface area contributed by atoms with E-state index < -0.39 is 10.0 Å². The van der Waals surface area contributed by atoms with Crippen molar-refractivity contribution in [2.24, 2.45) is 5.92 Å². The highest BCUT2D eigenvalue weighted by molar-refractivity contribution is 7.89. The maximum atomic E-state index is 12.8. The molecule has 2 N–H and O–H groups in total. The van der Waals surface area contributed by atoms with Crippen molar-refractivity contribution in [1.29, 1.82) is 0 Å². The Morgan fingerprint density at radius 3 is 2.62 bits per heavy atom. The highest BCUT2D eigenvalue weighted by atomic mass is 32.2. The number of nitrogen functional groups attached to an aromatic ring is 1. The third kappa shape index (κ3) is 2.89. The lowest BCUT2D eigenvalue weighted by atomic mass is 10.1. The van der Waals surface area contributed by atoms with Crippen LogP contribution in [0.4, 0.5) is 5.82 Å². The lowest BCUT2D eigenvalue weighted by Crippen LogP contribution is -2.36. The zero-order chi connectivity index (χ0) is 15.8. The molecule has 0 amide bonds. The van der Waals surface area contributed by atoms with Crippen LogP contribution >= 0.6 is 0 Å². The summed E-state index contributed by atoms with van der Waals surface area (Å²) in [6.07, 6.45) is 2.44. The second-order valence-electron chi connectivity index (χ2n) is 5.73. The quantitative estimate of drug-likeness (QED) is 0.915. The van der Waals surface area contributed by atoms with Gasteiger partial charge in [0.2, 0.25) is 0 Å². The van der Waals surface area contributed by atoms with Crippen molar-refractivity contribution in [3.8, 4) is 0 Å². The number of aromatic nitrogens is 2. The van der Waals surface area contributed by atoms with Crippen molar-refractivity contribution in [1.82, 2.24) is 13.7 Å². The third-order valence-corrected chi connectivity index (χ3v) is 5.58. The van der Waals surface area contributed by atoms with Gasteiger partial charge in [0.15, 0.2) is 10.8 Å². The number of rotatable bonds is 5. The second-order valence-corrected chi connectivity index (χ2v) is 7.64. The number of fused-ring (bicyclic) bond motifs is 1. The van der Waals surface area contributed by atoms with E-state index >= 15 is 0 Å². The van der Waals surface area contributed by atoms with Crippen LogP contribution in [0, 0.1) is 5.92 Å². The fraction of sp³-hybridized carbons (Fsp3) is 0.500. The fourth-order valence-corrected chi connectivity index (χ4v) is 4.00. The summed E-state index contributed by atoms with van der Waals surface area (Å²) >= 11 is 0. The summed E-state index contributed by atoms with van der Waals surface area (Å²) in [7, 11) is -2.10. The Morgan fingerprint density at radius 1 is 1.33 bits per heavy atom. The van der Waals surface area contributed by atoms with E-state index in [0.29, 0.717) is 11.6 Å². The summed E-state index contributed by atoms with van der Waals surface area (Å²) < 4.78 is 28.6. The highest BCUT2D eigenvalue weighted by Gasteiger charge is 2.31. The normalized spacial score (nSPS) is 14.2. The minimum atomic E-state index is -3.69. The first kappa shape index (κ1) is 15.8. The standard InChI is InChI=1S/C14H22N4O2S/c1-10(2)9-11(3)17(4)21(19,20)14-13(15)16-12-7-5-6-8-18(12)14/h5-8,10-11H,9,15H2,1-4H3. The van der Waals surface area contributed by atoms with Crippen LogP contribution in [0.3, 0.4) is 0 Å². The third-order valence-electron chi connectivity index (χ3n) is 3.57. The summed E-state index contributed by atoms with van der Waals surface area (Å²) in [5.41, 5.74) is 6.37. The fourth-order valence-electron chi connectivity index (χ4n) is 2.45. The molecule has 2 heterocycles. The maximum absolute atomic E-state index is 12.8. The van der Waals surface area contributed by atoms with Crippen LogP contribution in [-0.4, -0.2) is 35.2 Å². The van der Waals surface area contributed by atoms with Crippen LogP contribution in [-0.2, 0) is 10.0 Å². The van der Waals surface area contributed by atoms with Crippen LogP contribution < -0.4 is 5.73 Å². The Labute approximate surface area is 125 Å². The molecule has 0 saturated carbocycles. The Balaban J connectivity index is 2.49. The summed E-state index contributed by atoms with van der Waals surface area (Å²) in [6.45, 7) is 6.04. The Morgan fingerprint density at radius 2 is 2.00 bits per heavy atom. The Kier molecular flexibility index (Phi) is 4.25. The molecule has 116 valence electrons. The minimum absolute atomic E-state index is 0.0322. The van der Waals surface area contributed by atoms with Gasteiger partial charge in [-0.25, -0.2) is 13.4 Å². The van der Waals surface area contributed by atoms with Gasteiger partial charge in [-0.15, -0.1) is 0 Å². The smallest absolute Gasteiger partial charge is 0.262 e. The van der Waals surface area contributed by atoms with E-state index in [2.05, 4.69) is 18.8 Å². The SMILES string of the molecule is CC(C)CC(C)N(C)S(=O)(=O)c1c(N)nc2ccccn12. The van der Waals surface area contributed by atoms with Crippen molar-refractivity contribution >= 4 is 21.5 Å². The molecular weight excluding hydrogens is 288 g/mol. The number of anilines is 1. The molecule has 0 fully saturated rings. The van der Waals surface area contributed by atoms with Crippen LogP contribution in [0.2, 0.25) is 0 Å². The van der Waals surface area contributed by atoms with Crippen molar-refractivity contribution in [3.63, 3.8) is 0 Å². The number of hydrogen-bond acceptors (Lipinski definition) is 4. The zero-order valence-electron chi connectivity index (χ0n) is 12.8. The molecule has 0 aliphatic rings. The maximum Gasteiger partial charge on any atom is 0.262 e. The summed E-state index contributed by atoms with van der Waals surface area (Å²) in [5.74, 6) is 0.446. The first-order valence-corrected chi connectivity index (χ1v) is 8.39. The van der Waals surface area contributed by atoms with Crippen LogP contribution in [0.15, 0.2) is 29.4 Å². The van der Waals surface area contributed by atoms with Gasteiger partial charge in [0.25, 0.3) is 10.0 Å². The van der Waals surface area contributed by atoms with Gasteiger partial charge in [-0.2, -0.15) is 4.31 Å². The predicted octanol–water partition coefficient (Wildman–Crippen LogP) is 1.97. The molecule has 7 heteroatoms. The van der Waals surface area contributed by atoms with Crippen molar-refractivity contribution < 1.29 is 8.42 Å². The molecule has 1 atom stereocenters. The first-order chi connectivity index (χ1) is 9.75. The van der Waals surface area contributed by atoms with Gasteiger partial charge in [0, 0.05) is 19.3 Å². The highest BCUT2D eigenvalue weighted by Crippen LogP contribution is 2.25. The second kappa shape index (κ2) is 5.65. The average Bonchev–Trinajstić information content (AvgIpc) is 2.73. The monoisotopic (exact) mass is 310 g/mol. The number of sulfonamides is 1. The number of hydrogen-bond donors (Lipinski definition) is 1. The summed E-state index contributed by atoms with van der Waals surface area (Å²) in [6, 6.07) is 5.17. The van der Waals surface area contributed by atoms with E-state index in [1.807, 2.05) is 6.92 Å². The summed E-state index contributed by atoms with van der Waals surface area (Å²) in [4.78, 5) is 4.12. The van der Waals surface area contributed by atoms with E-state index in [1.165, 1.54) is 8.71 Å². The Hall–Kier alpha value is -1.60. The van der Waals surface area contributed by atoms with Gasteiger partial charge in [0.05, 0.1) is 0 Å². The summed E-state index contributed by atoms with van der Waals surface area (Å²) in [5, 5.41) is 0.0382. The van der Waals surface area contributed by atoms with Crippen LogP contribution in [0.5, 0.6) is 0 Å². The average molecular weight is 310 g/mol. The number of nitrogens with zero attached hydrogens (tertiary/aromatic N) is 3. The van der Waals surface area contributed by atoms with Gasteiger partial charge < -0.3 is 5.73 Å². The van der Waals surface area contributed by atoms with Gasteiger partial charge in [-0.3, -0.25) is 4.40 Å². The Bertz CT molecular complexity index is 737. The molecule has 1 unspecified atom stereocenters. The number of pyridine rings is 1. The van der Waals surface area contributed by atoms with Gasteiger partial charge >= 0.3 is 0 Å². The molecular formula is C14H22N4O2S. The van der Waals surface area contributed by atoms with Gasteiger partial charge in [0.1, 0.15) is 5.65 Å². The van der Waals surface area contributed by atoms with E-state index in [-0.39, 0.29) is 16.9 Å². The number of nitrogens with two attached hydrogens (primary N) is 1. The molecule has 0 aromatic carbocycles. The van der Waals surface area contributed by atoms with Crippen LogP contribution in [0.1, 0.15) is 27.2 Å². The molecule has 0 aliphatic heterocycles. The van der Waals surface area contributed by atoms with E-state index in [0.717, 1.165) is 6.42 Å². The predicted molar refractivity (Wildman–Crippen MR) is 83.5 cm³/mol. The minimum Gasteiger partial charge on any atom is -0.381 e. The lowest BCUT2D eigenvalue weighted by Gasteiger charge is -2.25. The zero-order valence-corrected chi connectivity index (χ0v) is 13.6. The lowest BCUT2D eigenvalue weighted by molar-refractivity contribution is 0.337. The largest absolute Gasteiger partial charge is 0.381 e. The molecule has 0 radical (unpaired) electrons. The van der Waals surface area contributed by atoms with Gasteiger partial charge in [-0.05, 0) is 31.4 Å². The van der Waals surface area contributed by atoms with E-state index in [4.69, 9.17) is 5.73 Å². The molecule has 0 spiro atoms.